The van der Waals surface area contributed by atoms with Crippen LogP contribution in [0.3, 0.4) is 0 Å². The summed E-state index contributed by atoms with van der Waals surface area (Å²) in [6.07, 6.45) is 6.87. The molecule has 2 aliphatic rings. The Bertz CT molecular complexity index is 405. The van der Waals surface area contributed by atoms with Gasteiger partial charge in [0.1, 0.15) is 11.1 Å². The van der Waals surface area contributed by atoms with E-state index in [1.807, 2.05) is 18.7 Å². The molecule has 1 aliphatic carbocycles. The summed E-state index contributed by atoms with van der Waals surface area (Å²) in [7, 11) is 0. The quantitative estimate of drug-likeness (QED) is 0.847. The first kappa shape index (κ1) is 16.3. The molecule has 2 fully saturated rings. The van der Waals surface area contributed by atoms with Crippen molar-refractivity contribution in [2.24, 2.45) is 0 Å². The molecule has 0 aromatic rings. The van der Waals surface area contributed by atoms with Crippen LogP contribution in [0.4, 0.5) is 0 Å². The SMILES string of the molecule is CCC(CC)N1C(=O)C2(CCCC2)NC(=O)C1(CC)CC. The van der Waals surface area contributed by atoms with Gasteiger partial charge in [-0.25, -0.2) is 0 Å². The number of rotatable bonds is 5. The molecule has 2 rings (SSSR count). The predicted molar refractivity (Wildman–Crippen MR) is 83.9 cm³/mol. The fraction of sp³-hybridized carbons (Fsp3) is 0.882. The fourth-order valence-electron chi connectivity index (χ4n) is 4.32. The fourth-order valence-corrected chi connectivity index (χ4v) is 4.32. The lowest BCUT2D eigenvalue weighted by Gasteiger charge is -2.54. The summed E-state index contributed by atoms with van der Waals surface area (Å²) in [4.78, 5) is 28.2. The monoisotopic (exact) mass is 294 g/mol. The molecular formula is C17H30N2O2. The van der Waals surface area contributed by atoms with Gasteiger partial charge in [0, 0.05) is 6.04 Å². The van der Waals surface area contributed by atoms with E-state index in [-0.39, 0.29) is 17.9 Å². The van der Waals surface area contributed by atoms with Crippen LogP contribution in [0.5, 0.6) is 0 Å². The van der Waals surface area contributed by atoms with Crippen molar-refractivity contribution in [2.75, 3.05) is 0 Å². The lowest BCUT2D eigenvalue weighted by atomic mass is 9.79. The van der Waals surface area contributed by atoms with Crippen molar-refractivity contribution >= 4 is 11.8 Å². The number of amides is 2. The number of carbonyl (C=O) groups excluding carboxylic acids is 2. The Kier molecular flexibility index (Phi) is 4.64. The maximum absolute atomic E-state index is 13.3. The highest BCUT2D eigenvalue weighted by Gasteiger charge is 2.58. The van der Waals surface area contributed by atoms with Crippen molar-refractivity contribution in [1.29, 1.82) is 0 Å². The van der Waals surface area contributed by atoms with Gasteiger partial charge in [-0.1, -0.05) is 40.5 Å². The Morgan fingerprint density at radius 2 is 1.57 bits per heavy atom. The minimum atomic E-state index is -0.651. The first-order valence-corrected chi connectivity index (χ1v) is 8.67. The molecule has 21 heavy (non-hydrogen) atoms. The molecule has 1 saturated carbocycles. The summed E-state index contributed by atoms with van der Waals surface area (Å²) in [6, 6.07) is 0.168. The van der Waals surface area contributed by atoms with Crippen LogP contribution in [-0.2, 0) is 9.59 Å². The van der Waals surface area contributed by atoms with Gasteiger partial charge in [0.2, 0.25) is 11.8 Å². The van der Waals surface area contributed by atoms with Crippen LogP contribution in [0.25, 0.3) is 0 Å². The van der Waals surface area contributed by atoms with Crippen LogP contribution < -0.4 is 5.32 Å². The van der Waals surface area contributed by atoms with Crippen molar-refractivity contribution in [3.63, 3.8) is 0 Å². The van der Waals surface area contributed by atoms with E-state index in [1.165, 1.54) is 0 Å². The topological polar surface area (TPSA) is 49.4 Å². The van der Waals surface area contributed by atoms with Gasteiger partial charge in [-0.15, -0.1) is 0 Å². The second kappa shape index (κ2) is 5.98. The molecule has 0 aromatic heterocycles. The molecule has 4 nitrogen and oxygen atoms in total. The third kappa shape index (κ3) is 2.27. The van der Waals surface area contributed by atoms with E-state index >= 15 is 0 Å². The largest absolute Gasteiger partial charge is 0.340 e. The molecule has 2 amide bonds. The van der Waals surface area contributed by atoms with Crippen molar-refractivity contribution < 1.29 is 9.59 Å². The molecule has 120 valence electrons. The highest BCUT2D eigenvalue weighted by atomic mass is 16.2. The molecule has 1 saturated heterocycles. The molecule has 1 aliphatic heterocycles. The zero-order valence-corrected chi connectivity index (χ0v) is 14.0. The second-order valence-corrected chi connectivity index (χ2v) is 6.63. The van der Waals surface area contributed by atoms with Gasteiger partial charge in [0.25, 0.3) is 0 Å². The maximum Gasteiger partial charge on any atom is 0.249 e. The van der Waals surface area contributed by atoms with Gasteiger partial charge in [-0.05, 0) is 38.5 Å². The van der Waals surface area contributed by atoms with Crippen LogP contribution in [0.1, 0.15) is 79.1 Å². The third-order valence-electron chi connectivity index (χ3n) is 5.80. The highest BCUT2D eigenvalue weighted by Crippen LogP contribution is 2.41. The van der Waals surface area contributed by atoms with Gasteiger partial charge in [-0.2, -0.15) is 0 Å². The molecule has 0 bridgehead atoms. The minimum absolute atomic E-state index is 0.0703. The van der Waals surface area contributed by atoms with Crippen molar-refractivity contribution in [3.8, 4) is 0 Å². The van der Waals surface area contributed by atoms with Gasteiger partial charge < -0.3 is 10.2 Å². The minimum Gasteiger partial charge on any atom is -0.340 e. The normalized spacial score (nSPS) is 24.0. The van der Waals surface area contributed by atoms with E-state index in [0.717, 1.165) is 38.5 Å². The summed E-state index contributed by atoms with van der Waals surface area (Å²) in [5.41, 5.74) is -1.25. The number of nitrogens with one attached hydrogen (secondary N) is 1. The number of carbonyl (C=O) groups is 2. The molecule has 0 radical (unpaired) electrons. The zero-order chi connectivity index (χ0) is 15.7. The van der Waals surface area contributed by atoms with Gasteiger partial charge in [0.05, 0.1) is 0 Å². The zero-order valence-electron chi connectivity index (χ0n) is 14.0. The standard InChI is InChI=1S/C17H30N2O2/c1-5-13(6-2)19-15(21)16(11-9-10-12-16)18-14(20)17(19,7-3)8-4/h13H,5-12H2,1-4H3,(H,18,20). The van der Waals surface area contributed by atoms with E-state index in [2.05, 4.69) is 19.2 Å². The highest BCUT2D eigenvalue weighted by molar-refractivity contribution is 6.02. The van der Waals surface area contributed by atoms with Crippen LogP contribution in [0.2, 0.25) is 0 Å². The number of piperazine rings is 1. The smallest absolute Gasteiger partial charge is 0.249 e. The first-order valence-electron chi connectivity index (χ1n) is 8.67. The molecule has 4 heteroatoms. The Labute approximate surface area is 128 Å². The average molecular weight is 294 g/mol. The molecule has 0 unspecified atom stereocenters. The van der Waals surface area contributed by atoms with E-state index in [0.29, 0.717) is 12.8 Å². The summed E-state index contributed by atoms with van der Waals surface area (Å²) in [5.74, 6) is 0.248. The number of hydrogen-bond acceptors (Lipinski definition) is 2. The van der Waals surface area contributed by atoms with Gasteiger partial charge in [-0.3, -0.25) is 9.59 Å². The Balaban J connectivity index is 2.48. The van der Waals surface area contributed by atoms with E-state index in [4.69, 9.17) is 0 Å². The molecule has 0 atom stereocenters. The lowest BCUT2D eigenvalue weighted by molar-refractivity contribution is -0.168. The Morgan fingerprint density at radius 3 is 2.00 bits per heavy atom. The lowest BCUT2D eigenvalue weighted by Crippen LogP contribution is -2.76. The first-order chi connectivity index (χ1) is 10.0. The van der Waals surface area contributed by atoms with Crippen molar-refractivity contribution in [1.82, 2.24) is 10.2 Å². The maximum atomic E-state index is 13.3. The Morgan fingerprint density at radius 1 is 1.05 bits per heavy atom. The van der Waals surface area contributed by atoms with E-state index < -0.39 is 11.1 Å². The number of hydrogen-bond donors (Lipinski definition) is 1. The number of nitrogens with zero attached hydrogens (tertiary/aromatic N) is 1. The second-order valence-electron chi connectivity index (χ2n) is 6.63. The van der Waals surface area contributed by atoms with Gasteiger partial charge >= 0.3 is 0 Å². The van der Waals surface area contributed by atoms with Crippen LogP contribution in [0.15, 0.2) is 0 Å². The van der Waals surface area contributed by atoms with Crippen LogP contribution in [0, 0.1) is 0 Å². The van der Waals surface area contributed by atoms with Crippen LogP contribution >= 0.6 is 0 Å². The van der Waals surface area contributed by atoms with Crippen LogP contribution in [-0.4, -0.2) is 33.8 Å². The molecule has 1 N–H and O–H groups in total. The third-order valence-corrected chi connectivity index (χ3v) is 5.80. The summed E-state index contributed by atoms with van der Waals surface area (Å²) in [5, 5.41) is 3.14. The van der Waals surface area contributed by atoms with Crippen molar-refractivity contribution in [3.05, 3.63) is 0 Å². The average Bonchev–Trinajstić information content (AvgIpc) is 2.96. The molecule has 1 spiro atoms. The summed E-state index contributed by atoms with van der Waals surface area (Å²) >= 11 is 0. The summed E-state index contributed by atoms with van der Waals surface area (Å²) < 4.78 is 0. The van der Waals surface area contributed by atoms with Gasteiger partial charge in [0.15, 0.2) is 0 Å². The van der Waals surface area contributed by atoms with Crippen molar-refractivity contribution in [2.45, 2.75) is 96.2 Å². The predicted octanol–water partition coefficient (Wildman–Crippen LogP) is 3.01. The van der Waals surface area contributed by atoms with E-state index in [1.54, 1.807) is 0 Å². The van der Waals surface area contributed by atoms with E-state index in [9.17, 15) is 9.59 Å². The molecule has 1 heterocycles. The Hall–Kier alpha value is -1.06. The summed E-state index contributed by atoms with van der Waals surface area (Å²) in [6.45, 7) is 8.29. The molecular weight excluding hydrogens is 264 g/mol. The molecule has 0 aromatic carbocycles.